The number of hydrazine groups is 1. The van der Waals surface area contributed by atoms with Gasteiger partial charge in [-0.2, -0.15) is 0 Å². The zero-order valence-electron chi connectivity index (χ0n) is 10.4. The van der Waals surface area contributed by atoms with Gasteiger partial charge in [0.05, 0.1) is 10.6 Å². The van der Waals surface area contributed by atoms with Gasteiger partial charge in [-0.25, -0.2) is 13.2 Å². The number of nitrogen functional groups attached to an aromatic ring is 1. The normalized spacial score (nSPS) is 10.3. The van der Waals surface area contributed by atoms with Gasteiger partial charge in [-0.3, -0.25) is 16.0 Å². The molecule has 0 saturated carbocycles. The van der Waals surface area contributed by atoms with Gasteiger partial charge in [-0.15, -0.1) is 0 Å². The third-order valence-corrected chi connectivity index (χ3v) is 2.57. The molecule has 9 heteroatoms. The quantitative estimate of drug-likeness (QED) is 0.458. The topological polar surface area (TPSA) is 93.2 Å². The molecule has 21 heavy (non-hydrogen) atoms. The fourth-order valence-corrected chi connectivity index (χ4v) is 1.68. The van der Waals surface area contributed by atoms with Crippen LogP contribution in [-0.4, -0.2) is 4.92 Å². The first kappa shape index (κ1) is 14.6. The minimum absolute atomic E-state index is 0.0153. The molecule has 0 spiro atoms. The van der Waals surface area contributed by atoms with Gasteiger partial charge in [0, 0.05) is 30.0 Å². The van der Waals surface area contributed by atoms with Crippen molar-refractivity contribution in [2.45, 2.75) is 0 Å². The largest absolute Gasteiger partial charge is 0.350 e. The highest BCUT2D eigenvalue weighted by molar-refractivity contribution is 5.69. The molecular formula is C12H9F3N4O2. The fraction of sp³-hybridized carbons (Fsp3) is 0. The van der Waals surface area contributed by atoms with E-state index in [0.717, 1.165) is 12.1 Å². The molecule has 0 saturated heterocycles. The van der Waals surface area contributed by atoms with Gasteiger partial charge in [-0.05, 0) is 6.07 Å². The van der Waals surface area contributed by atoms with Gasteiger partial charge in [0.1, 0.15) is 11.5 Å². The highest BCUT2D eigenvalue weighted by atomic mass is 19.1. The number of non-ortho nitro benzene ring substituents is 1. The summed E-state index contributed by atoms with van der Waals surface area (Å²) in [5, 5.41) is 13.1. The Kier molecular flexibility index (Phi) is 3.94. The molecule has 6 nitrogen and oxygen atoms in total. The number of nitrogens with zero attached hydrogens (tertiary/aromatic N) is 1. The van der Waals surface area contributed by atoms with Crippen LogP contribution < -0.4 is 16.6 Å². The van der Waals surface area contributed by atoms with Crippen molar-refractivity contribution in [2.24, 2.45) is 5.84 Å². The highest BCUT2D eigenvalue weighted by Crippen LogP contribution is 2.29. The van der Waals surface area contributed by atoms with Gasteiger partial charge >= 0.3 is 0 Å². The van der Waals surface area contributed by atoms with Crippen molar-refractivity contribution in [3.63, 3.8) is 0 Å². The monoisotopic (exact) mass is 298 g/mol. The molecule has 0 aliphatic rings. The van der Waals surface area contributed by atoms with Crippen molar-refractivity contribution < 1.29 is 18.1 Å². The van der Waals surface area contributed by atoms with E-state index in [0.29, 0.717) is 12.1 Å². The molecule has 0 aliphatic carbocycles. The lowest BCUT2D eigenvalue weighted by Gasteiger charge is -2.10. The van der Waals surface area contributed by atoms with Crippen LogP contribution in [0, 0.1) is 27.6 Å². The molecule has 4 N–H and O–H groups in total. The standard InChI is InChI=1S/C12H9F3N4O2/c13-6-1-10(14)12(11(15)2-6)17-7-3-8(18-16)5-9(4-7)19(20)21/h1-5,17-18H,16H2. The second-order valence-electron chi connectivity index (χ2n) is 4.04. The number of hydrogen-bond donors (Lipinski definition) is 3. The van der Waals surface area contributed by atoms with Crippen LogP contribution >= 0.6 is 0 Å². The number of nitro groups is 1. The summed E-state index contributed by atoms with van der Waals surface area (Å²) in [4.78, 5) is 10.1. The van der Waals surface area contributed by atoms with Crippen LogP contribution in [0.3, 0.4) is 0 Å². The second kappa shape index (κ2) is 5.67. The Morgan fingerprint density at radius 1 is 1.00 bits per heavy atom. The first-order chi connectivity index (χ1) is 9.90. The highest BCUT2D eigenvalue weighted by Gasteiger charge is 2.14. The van der Waals surface area contributed by atoms with Gasteiger partial charge in [0.15, 0.2) is 11.6 Å². The summed E-state index contributed by atoms with van der Waals surface area (Å²) in [7, 11) is 0. The number of hydrogen-bond acceptors (Lipinski definition) is 5. The summed E-state index contributed by atoms with van der Waals surface area (Å²) < 4.78 is 39.9. The molecule has 0 unspecified atom stereocenters. The van der Waals surface area contributed by atoms with Gasteiger partial charge in [0.2, 0.25) is 0 Å². The van der Waals surface area contributed by atoms with Crippen molar-refractivity contribution in [2.75, 3.05) is 10.7 Å². The van der Waals surface area contributed by atoms with Gasteiger partial charge in [-0.1, -0.05) is 0 Å². The molecule has 0 atom stereocenters. The lowest BCUT2D eigenvalue weighted by atomic mass is 10.2. The molecule has 0 heterocycles. The SMILES string of the molecule is NNc1cc(Nc2c(F)cc(F)cc2F)cc([N+](=O)[O-])c1. The molecule has 2 aromatic carbocycles. The van der Waals surface area contributed by atoms with E-state index in [4.69, 9.17) is 5.84 Å². The molecule has 0 amide bonds. The summed E-state index contributed by atoms with van der Waals surface area (Å²) in [6.45, 7) is 0. The van der Waals surface area contributed by atoms with E-state index in [1.165, 1.54) is 6.07 Å². The average Bonchev–Trinajstić information content (AvgIpc) is 2.42. The lowest BCUT2D eigenvalue weighted by Crippen LogP contribution is -2.08. The van der Waals surface area contributed by atoms with Gasteiger partial charge < -0.3 is 10.7 Å². The lowest BCUT2D eigenvalue weighted by molar-refractivity contribution is -0.384. The van der Waals surface area contributed by atoms with E-state index < -0.39 is 28.1 Å². The Morgan fingerprint density at radius 2 is 1.57 bits per heavy atom. The maximum Gasteiger partial charge on any atom is 0.273 e. The number of rotatable bonds is 4. The summed E-state index contributed by atoms with van der Waals surface area (Å²) in [5.74, 6) is 1.76. The Morgan fingerprint density at radius 3 is 2.10 bits per heavy atom. The smallest absolute Gasteiger partial charge is 0.273 e. The van der Waals surface area contributed by atoms with Crippen LogP contribution in [0.25, 0.3) is 0 Å². The third kappa shape index (κ3) is 3.20. The fourth-order valence-electron chi connectivity index (χ4n) is 1.68. The number of halogens is 3. The van der Waals surface area contributed by atoms with E-state index in [9.17, 15) is 23.3 Å². The molecule has 0 bridgehead atoms. The second-order valence-corrected chi connectivity index (χ2v) is 4.04. The molecule has 0 radical (unpaired) electrons. The zero-order chi connectivity index (χ0) is 15.6. The minimum atomic E-state index is -1.17. The van der Waals surface area contributed by atoms with Crippen LogP contribution in [-0.2, 0) is 0 Å². The predicted octanol–water partition coefficient (Wildman–Crippen LogP) is 3.04. The van der Waals surface area contributed by atoms with Crippen molar-refractivity contribution in [1.29, 1.82) is 0 Å². The number of nitrogens with two attached hydrogens (primary N) is 1. The van der Waals surface area contributed by atoms with Crippen LogP contribution in [0.4, 0.5) is 35.9 Å². The molecule has 110 valence electrons. The van der Waals surface area contributed by atoms with Crippen LogP contribution in [0.15, 0.2) is 30.3 Å². The molecule has 0 aliphatic heterocycles. The maximum absolute atomic E-state index is 13.5. The third-order valence-electron chi connectivity index (χ3n) is 2.57. The summed E-state index contributed by atoms with van der Waals surface area (Å²) in [5.41, 5.74) is 1.41. The van der Waals surface area contributed by atoms with Crippen LogP contribution in [0.1, 0.15) is 0 Å². The summed E-state index contributed by atoms with van der Waals surface area (Å²) in [6.07, 6.45) is 0. The van der Waals surface area contributed by atoms with Crippen molar-refractivity contribution in [1.82, 2.24) is 0 Å². The summed E-state index contributed by atoms with van der Waals surface area (Å²) in [6, 6.07) is 4.48. The van der Waals surface area contributed by atoms with E-state index in [2.05, 4.69) is 10.7 Å². The van der Waals surface area contributed by atoms with E-state index in [-0.39, 0.29) is 17.1 Å². The van der Waals surface area contributed by atoms with Gasteiger partial charge in [0.25, 0.3) is 5.69 Å². The maximum atomic E-state index is 13.5. The van der Waals surface area contributed by atoms with Crippen molar-refractivity contribution in [3.8, 4) is 0 Å². The first-order valence-corrected chi connectivity index (χ1v) is 5.58. The van der Waals surface area contributed by atoms with E-state index in [1.807, 2.05) is 0 Å². The zero-order valence-corrected chi connectivity index (χ0v) is 10.4. The van der Waals surface area contributed by atoms with E-state index >= 15 is 0 Å². The van der Waals surface area contributed by atoms with Crippen molar-refractivity contribution >= 4 is 22.7 Å². The molecule has 2 aromatic rings. The van der Waals surface area contributed by atoms with Crippen molar-refractivity contribution in [3.05, 3.63) is 57.9 Å². The summed E-state index contributed by atoms with van der Waals surface area (Å²) >= 11 is 0. The van der Waals surface area contributed by atoms with Crippen LogP contribution in [0.5, 0.6) is 0 Å². The Labute approximate surface area is 116 Å². The van der Waals surface area contributed by atoms with E-state index in [1.54, 1.807) is 0 Å². The number of nitro benzene ring substituents is 1. The number of anilines is 3. The predicted molar refractivity (Wildman–Crippen MR) is 70.5 cm³/mol. The van der Waals surface area contributed by atoms with Crippen LogP contribution in [0.2, 0.25) is 0 Å². The molecule has 0 aromatic heterocycles. The Bertz CT molecular complexity index is 686. The molecule has 2 rings (SSSR count). The minimum Gasteiger partial charge on any atom is -0.350 e. The Balaban J connectivity index is 2.44. The molecular weight excluding hydrogens is 289 g/mol. The number of benzene rings is 2. The number of nitrogens with one attached hydrogen (secondary N) is 2. The first-order valence-electron chi connectivity index (χ1n) is 5.58. The average molecular weight is 298 g/mol. The Hall–Kier alpha value is -2.81. The molecule has 0 fully saturated rings.